The third kappa shape index (κ3) is 6.16. The van der Waals surface area contributed by atoms with E-state index in [0.29, 0.717) is 10.6 Å². The molecule has 1 atom stereocenters. The Balaban J connectivity index is 1.78. The minimum absolute atomic E-state index is 0.0444. The molecule has 3 rings (SSSR count). The van der Waals surface area contributed by atoms with Gasteiger partial charge in [-0.05, 0) is 72.5 Å². The molecule has 4 heteroatoms. The SMILES string of the molecule is CCCCc1ccc(N[C@@H](CC(=O)c2ccc(F)cc2)c2ccc(Cl)cc2)cc1. The highest BCUT2D eigenvalue weighted by molar-refractivity contribution is 6.30. The van der Waals surface area contributed by atoms with Gasteiger partial charge in [-0.15, -0.1) is 0 Å². The fourth-order valence-electron chi connectivity index (χ4n) is 3.24. The Bertz CT molecular complexity index is 921. The number of carbonyl (C=O) groups is 1. The van der Waals surface area contributed by atoms with Crippen molar-refractivity contribution in [3.8, 4) is 0 Å². The van der Waals surface area contributed by atoms with Crippen LogP contribution in [0.15, 0.2) is 72.8 Å². The van der Waals surface area contributed by atoms with Gasteiger partial charge in [-0.1, -0.05) is 49.2 Å². The van der Waals surface area contributed by atoms with Crippen LogP contribution in [0.2, 0.25) is 5.02 Å². The summed E-state index contributed by atoms with van der Waals surface area (Å²) in [6.45, 7) is 2.19. The van der Waals surface area contributed by atoms with Gasteiger partial charge in [0.25, 0.3) is 0 Å². The summed E-state index contributed by atoms with van der Waals surface area (Å²) < 4.78 is 13.2. The van der Waals surface area contributed by atoms with Crippen LogP contribution < -0.4 is 5.32 Å². The first-order chi connectivity index (χ1) is 14.0. The number of halogens is 2. The minimum Gasteiger partial charge on any atom is -0.378 e. The normalized spacial score (nSPS) is 11.8. The van der Waals surface area contributed by atoms with Gasteiger partial charge in [-0.3, -0.25) is 4.79 Å². The molecule has 3 aromatic carbocycles. The first kappa shape index (κ1) is 21.1. The smallest absolute Gasteiger partial charge is 0.165 e. The van der Waals surface area contributed by atoms with Crippen LogP contribution in [0, 0.1) is 5.82 Å². The van der Waals surface area contributed by atoms with Crippen LogP contribution in [0.1, 0.15) is 53.7 Å². The molecule has 0 saturated heterocycles. The lowest BCUT2D eigenvalue weighted by molar-refractivity contribution is 0.0976. The van der Waals surface area contributed by atoms with E-state index < -0.39 is 0 Å². The number of benzene rings is 3. The molecule has 1 N–H and O–H groups in total. The second-order valence-corrected chi connectivity index (χ2v) is 7.62. The number of ketones is 1. The molecule has 0 heterocycles. The molecule has 0 radical (unpaired) electrons. The van der Waals surface area contributed by atoms with Crippen LogP contribution in [-0.4, -0.2) is 5.78 Å². The highest BCUT2D eigenvalue weighted by Gasteiger charge is 2.17. The van der Waals surface area contributed by atoms with Crippen molar-refractivity contribution < 1.29 is 9.18 Å². The van der Waals surface area contributed by atoms with Crippen molar-refractivity contribution in [2.45, 2.75) is 38.6 Å². The van der Waals surface area contributed by atoms with E-state index >= 15 is 0 Å². The number of hydrogen-bond donors (Lipinski definition) is 1. The molecule has 3 aromatic rings. The van der Waals surface area contributed by atoms with Crippen molar-refractivity contribution in [1.29, 1.82) is 0 Å². The Morgan fingerprint density at radius 2 is 1.62 bits per heavy atom. The van der Waals surface area contributed by atoms with E-state index in [2.05, 4.69) is 36.5 Å². The van der Waals surface area contributed by atoms with Gasteiger partial charge in [-0.2, -0.15) is 0 Å². The minimum atomic E-state index is -0.350. The zero-order chi connectivity index (χ0) is 20.6. The zero-order valence-corrected chi connectivity index (χ0v) is 17.3. The molecule has 0 spiro atoms. The summed E-state index contributed by atoms with van der Waals surface area (Å²) in [6, 6.07) is 21.3. The van der Waals surface area contributed by atoms with E-state index in [1.54, 1.807) is 0 Å². The summed E-state index contributed by atoms with van der Waals surface area (Å²) in [5, 5.41) is 4.12. The molecule has 0 fully saturated rings. The highest BCUT2D eigenvalue weighted by atomic mass is 35.5. The maximum Gasteiger partial charge on any atom is 0.165 e. The lowest BCUT2D eigenvalue weighted by Gasteiger charge is -2.20. The van der Waals surface area contributed by atoms with Crippen molar-refractivity contribution in [2.75, 3.05) is 5.32 Å². The maximum atomic E-state index is 13.2. The van der Waals surface area contributed by atoms with Gasteiger partial charge in [0.15, 0.2) is 5.78 Å². The molecule has 0 aliphatic rings. The van der Waals surface area contributed by atoms with E-state index in [9.17, 15) is 9.18 Å². The van der Waals surface area contributed by atoms with Crippen LogP contribution >= 0.6 is 11.6 Å². The second kappa shape index (κ2) is 10.2. The zero-order valence-electron chi connectivity index (χ0n) is 16.5. The molecule has 0 aliphatic heterocycles. The van der Waals surface area contributed by atoms with Crippen LogP contribution in [0.4, 0.5) is 10.1 Å². The standard InChI is InChI=1S/C25H25ClFNO/c1-2-3-4-18-5-15-23(16-6-18)28-24(19-7-11-21(26)12-8-19)17-25(29)20-9-13-22(27)14-10-20/h5-16,24,28H,2-4,17H2,1H3/t24-/m0/s1. The Morgan fingerprint density at radius 1 is 0.966 bits per heavy atom. The van der Waals surface area contributed by atoms with Gasteiger partial charge in [-0.25, -0.2) is 4.39 Å². The van der Waals surface area contributed by atoms with Crippen LogP contribution in [0.25, 0.3) is 0 Å². The number of unbranched alkanes of at least 4 members (excludes halogenated alkanes) is 1. The number of Topliss-reactive ketones (excluding diaryl/α,β-unsaturated/α-hetero) is 1. The second-order valence-electron chi connectivity index (χ2n) is 7.18. The Kier molecular flexibility index (Phi) is 7.42. The van der Waals surface area contributed by atoms with E-state index in [0.717, 1.165) is 17.7 Å². The van der Waals surface area contributed by atoms with Crippen molar-refractivity contribution >= 4 is 23.1 Å². The molecule has 0 bridgehead atoms. The highest BCUT2D eigenvalue weighted by Crippen LogP contribution is 2.26. The Hall–Kier alpha value is -2.65. The van der Waals surface area contributed by atoms with Crippen molar-refractivity contribution in [3.63, 3.8) is 0 Å². The average Bonchev–Trinajstić information content (AvgIpc) is 2.74. The summed E-state index contributed by atoms with van der Waals surface area (Å²) in [7, 11) is 0. The topological polar surface area (TPSA) is 29.1 Å². The summed E-state index contributed by atoms with van der Waals surface area (Å²) in [5.41, 5.74) is 3.74. The lowest BCUT2D eigenvalue weighted by Crippen LogP contribution is -2.16. The molecule has 2 nitrogen and oxygen atoms in total. The molecule has 0 amide bonds. The molecule has 0 aliphatic carbocycles. The van der Waals surface area contributed by atoms with Gasteiger partial charge in [0.2, 0.25) is 0 Å². The number of nitrogens with one attached hydrogen (secondary N) is 1. The monoisotopic (exact) mass is 409 g/mol. The average molecular weight is 410 g/mol. The fraction of sp³-hybridized carbons (Fsp3) is 0.240. The molecule has 150 valence electrons. The molecular weight excluding hydrogens is 385 g/mol. The predicted octanol–water partition coefficient (Wildman–Crippen LogP) is 7.25. The number of carbonyl (C=O) groups excluding carboxylic acids is 1. The van der Waals surface area contributed by atoms with Gasteiger partial charge < -0.3 is 5.32 Å². The quantitative estimate of drug-likeness (QED) is 0.377. The van der Waals surface area contributed by atoms with Gasteiger partial charge >= 0.3 is 0 Å². The van der Waals surface area contributed by atoms with E-state index in [1.165, 1.54) is 42.7 Å². The number of rotatable bonds is 9. The molecule has 0 aromatic heterocycles. The lowest BCUT2D eigenvalue weighted by atomic mass is 9.97. The molecule has 0 unspecified atom stereocenters. The Labute approximate surface area is 176 Å². The largest absolute Gasteiger partial charge is 0.378 e. The maximum absolute atomic E-state index is 13.2. The van der Waals surface area contributed by atoms with Gasteiger partial charge in [0, 0.05) is 22.7 Å². The summed E-state index contributed by atoms with van der Waals surface area (Å²) in [5.74, 6) is -0.394. The van der Waals surface area contributed by atoms with Crippen molar-refractivity contribution in [2.24, 2.45) is 0 Å². The van der Waals surface area contributed by atoms with E-state index in [1.807, 2.05) is 24.3 Å². The number of aryl methyl sites for hydroxylation is 1. The van der Waals surface area contributed by atoms with Crippen LogP contribution in [0.3, 0.4) is 0 Å². The third-order valence-corrected chi connectivity index (χ3v) is 5.19. The van der Waals surface area contributed by atoms with Crippen molar-refractivity contribution in [1.82, 2.24) is 0 Å². The fourth-order valence-corrected chi connectivity index (χ4v) is 3.36. The first-order valence-electron chi connectivity index (χ1n) is 9.95. The number of anilines is 1. The molecular formula is C25H25ClFNO. The molecule has 29 heavy (non-hydrogen) atoms. The van der Waals surface area contributed by atoms with E-state index in [4.69, 9.17) is 11.6 Å². The predicted molar refractivity (Wildman–Crippen MR) is 118 cm³/mol. The third-order valence-electron chi connectivity index (χ3n) is 4.94. The van der Waals surface area contributed by atoms with E-state index in [-0.39, 0.29) is 24.1 Å². The molecule has 0 saturated carbocycles. The van der Waals surface area contributed by atoms with Crippen LogP contribution in [-0.2, 0) is 6.42 Å². The summed E-state index contributed by atoms with van der Waals surface area (Å²) >= 11 is 6.03. The van der Waals surface area contributed by atoms with Gasteiger partial charge in [0.1, 0.15) is 5.82 Å². The van der Waals surface area contributed by atoms with Gasteiger partial charge in [0.05, 0.1) is 6.04 Å². The summed E-state index contributed by atoms with van der Waals surface area (Å²) in [6.07, 6.45) is 3.67. The van der Waals surface area contributed by atoms with Crippen molar-refractivity contribution in [3.05, 3.63) is 100 Å². The first-order valence-corrected chi connectivity index (χ1v) is 10.3. The van der Waals surface area contributed by atoms with Crippen LogP contribution in [0.5, 0.6) is 0 Å². The summed E-state index contributed by atoms with van der Waals surface area (Å²) in [4.78, 5) is 12.8. The Morgan fingerprint density at radius 3 is 2.24 bits per heavy atom. The number of hydrogen-bond acceptors (Lipinski definition) is 2.